The van der Waals surface area contributed by atoms with Gasteiger partial charge in [0.05, 0.1) is 10.8 Å². The Morgan fingerprint density at radius 2 is 1.64 bits per heavy atom. The minimum absolute atomic E-state index is 0.0965. The number of amides is 1. The van der Waals surface area contributed by atoms with E-state index in [9.17, 15) is 9.18 Å². The van der Waals surface area contributed by atoms with Gasteiger partial charge in [-0.3, -0.25) is 4.79 Å². The van der Waals surface area contributed by atoms with E-state index in [-0.39, 0.29) is 17.0 Å². The van der Waals surface area contributed by atoms with Crippen molar-refractivity contribution in [2.45, 2.75) is 37.7 Å². The topological polar surface area (TPSA) is 54.3 Å². The van der Waals surface area contributed by atoms with E-state index in [2.05, 4.69) is 41.1 Å². The Bertz CT molecular complexity index is 1080. The summed E-state index contributed by atoms with van der Waals surface area (Å²) < 4.78 is 16.4. The Labute approximate surface area is 198 Å². The third kappa shape index (κ3) is 5.38. The van der Waals surface area contributed by atoms with Crippen molar-refractivity contribution >= 4 is 23.4 Å². The van der Waals surface area contributed by atoms with Crippen molar-refractivity contribution in [3.8, 4) is 11.4 Å². The third-order valence-corrected chi connectivity index (χ3v) is 6.79. The first-order valence-electron chi connectivity index (χ1n) is 11.4. The lowest BCUT2D eigenvalue weighted by Gasteiger charge is -2.37. The molecule has 0 N–H and O–H groups in total. The molecule has 0 bridgehead atoms. The number of hydrogen-bond acceptors (Lipinski definition) is 5. The highest BCUT2D eigenvalue weighted by atomic mass is 32.2. The van der Waals surface area contributed by atoms with E-state index in [0.717, 1.165) is 13.1 Å². The molecule has 2 heterocycles. The van der Waals surface area contributed by atoms with Crippen molar-refractivity contribution in [1.82, 2.24) is 19.7 Å². The summed E-state index contributed by atoms with van der Waals surface area (Å²) in [6.07, 6.45) is 0. The number of benzene rings is 2. The first-order valence-corrected chi connectivity index (χ1v) is 12.3. The monoisotopic (exact) mass is 467 g/mol. The van der Waals surface area contributed by atoms with Crippen molar-refractivity contribution in [1.29, 1.82) is 0 Å². The lowest BCUT2D eigenvalue weighted by atomic mass is 10.2. The van der Waals surface area contributed by atoms with E-state index in [0.29, 0.717) is 42.1 Å². The lowest BCUT2D eigenvalue weighted by molar-refractivity contribution is -0.130. The first kappa shape index (κ1) is 23.3. The molecule has 8 heteroatoms. The van der Waals surface area contributed by atoms with Gasteiger partial charge in [0.1, 0.15) is 5.82 Å². The number of para-hydroxylation sites is 1. The Morgan fingerprint density at radius 1 is 0.970 bits per heavy atom. The number of halogens is 1. The maximum atomic E-state index is 14.4. The highest BCUT2D eigenvalue weighted by Gasteiger charge is 2.28. The second-order valence-corrected chi connectivity index (χ2v) is 10.0. The molecule has 1 aliphatic heterocycles. The van der Waals surface area contributed by atoms with Crippen LogP contribution < -0.4 is 4.90 Å². The predicted molar refractivity (Wildman–Crippen MR) is 131 cm³/mol. The largest absolute Gasteiger partial charge is 0.368 e. The second kappa shape index (κ2) is 10.4. The van der Waals surface area contributed by atoms with Gasteiger partial charge in [0.2, 0.25) is 5.91 Å². The zero-order valence-electron chi connectivity index (χ0n) is 19.3. The fourth-order valence-corrected chi connectivity index (χ4v) is 4.98. The number of rotatable bonds is 7. The average Bonchev–Trinajstić information content (AvgIpc) is 3.20. The van der Waals surface area contributed by atoms with Gasteiger partial charge in [0.25, 0.3) is 0 Å². The highest BCUT2D eigenvalue weighted by molar-refractivity contribution is 8.00. The Balaban J connectivity index is 1.45. The number of anilines is 1. The molecule has 1 atom stereocenters. The molecule has 0 saturated carbocycles. The molecule has 6 nitrogen and oxygen atoms in total. The molecule has 1 saturated heterocycles. The molecule has 3 aromatic rings. The summed E-state index contributed by atoms with van der Waals surface area (Å²) in [5, 5.41) is 8.96. The van der Waals surface area contributed by atoms with Crippen LogP contribution in [0.2, 0.25) is 0 Å². The van der Waals surface area contributed by atoms with Gasteiger partial charge < -0.3 is 14.4 Å². The van der Waals surface area contributed by atoms with Gasteiger partial charge >= 0.3 is 0 Å². The van der Waals surface area contributed by atoms with Crippen molar-refractivity contribution in [3.63, 3.8) is 0 Å². The molecule has 1 fully saturated rings. The van der Waals surface area contributed by atoms with Gasteiger partial charge in [-0.1, -0.05) is 55.9 Å². The van der Waals surface area contributed by atoms with E-state index in [1.807, 2.05) is 34.6 Å². The number of carbonyl (C=O) groups excluding carboxylic acids is 1. The minimum atomic E-state index is -0.327. The molecule has 4 rings (SSSR count). The van der Waals surface area contributed by atoms with E-state index in [1.54, 1.807) is 18.2 Å². The molecular formula is C25H30FN5OS. The second-order valence-electron chi connectivity index (χ2n) is 8.70. The summed E-state index contributed by atoms with van der Waals surface area (Å²) >= 11 is 1.39. The zero-order valence-corrected chi connectivity index (χ0v) is 20.1. The van der Waals surface area contributed by atoms with Crippen LogP contribution in [0.15, 0.2) is 59.8 Å². The fraction of sp³-hybridized carbons (Fsp3) is 0.400. The van der Waals surface area contributed by atoms with Gasteiger partial charge in [0, 0.05) is 38.4 Å². The standard InChI is InChI=1S/C25H30FN5OS/c1-18(2)17-31-23(21-11-7-8-12-22(21)26)27-28-25(31)33-19(3)24(32)30-15-13-29(14-16-30)20-9-5-4-6-10-20/h4-12,18-19H,13-17H2,1-3H3. The van der Waals surface area contributed by atoms with E-state index >= 15 is 0 Å². The quantitative estimate of drug-likeness (QED) is 0.477. The minimum Gasteiger partial charge on any atom is -0.368 e. The number of aromatic nitrogens is 3. The van der Waals surface area contributed by atoms with E-state index in [1.165, 1.54) is 23.5 Å². The van der Waals surface area contributed by atoms with E-state index in [4.69, 9.17) is 0 Å². The van der Waals surface area contributed by atoms with Gasteiger partial charge in [-0.25, -0.2) is 4.39 Å². The number of thioether (sulfide) groups is 1. The maximum Gasteiger partial charge on any atom is 0.236 e. The molecule has 1 aliphatic rings. The number of nitrogens with zero attached hydrogens (tertiary/aromatic N) is 5. The van der Waals surface area contributed by atoms with Crippen LogP contribution in [0.4, 0.5) is 10.1 Å². The predicted octanol–water partition coefficient (Wildman–Crippen LogP) is 4.57. The van der Waals surface area contributed by atoms with Crippen LogP contribution >= 0.6 is 11.8 Å². The van der Waals surface area contributed by atoms with Crippen LogP contribution in [0.1, 0.15) is 20.8 Å². The van der Waals surface area contributed by atoms with Gasteiger partial charge in [0.15, 0.2) is 11.0 Å². The maximum absolute atomic E-state index is 14.4. The van der Waals surface area contributed by atoms with Crippen LogP contribution in [0.25, 0.3) is 11.4 Å². The zero-order chi connectivity index (χ0) is 23.4. The van der Waals surface area contributed by atoms with Crippen LogP contribution in [0, 0.1) is 11.7 Å². The van der Waals surface area contributed by atoms with Crippen LogP contribution in [-0.2, 0) is 11.3 Å². The molecule has 1 unspecified atom stereocenters. The number of carbonyl (C=O) groups is 1. The summed E-state index contributed by atoms with van der Waals surface area (Å²) in [4.78, 5) is 17.4. The highest BCUT2D eigenvalue weighted by Crippen LogP contribution is 2.30. The van der Waals surface area contributed by atoms with Crippen LogP contribution in [0.3, 0.4) is 0 Å². The molecule has 1 amide bonds. The molecule has 174 valence electrons. The summed E-state index contributed by atoms with van der Waals surface area (Å²) in [6, 6.07) is 16.9. The molecule has 0 spiro atoms. The normalized spacial score (nSPS) is 15.2. The molecule has 1 aromatic heterocycles. The summed E-state index contributed by atoms with van der Waals surface area (Å²) in [5.74, 6) is 0.592. The van der Waals surface area contributed by atoms with Gasteiger partial charge in [-0.2, -0.15) is 0 Å². The van der Waals surface area contributed by atoms with Gasteiger partial charge in [-0.15, -0.1) is 10.2 Å². The number of hydrogen-bond donors (Lipinski definition) is 0. The van der Waals surface area contributed by atoms with E-state index < -0.39 is 0 Å². The van der Waals surface area contributed by atoms with Crippen LogP contribution in [0.5, 0.6) is 0 Å². The number of piperazine rings is 1. The van der Waals surface area contributed by atoms with Crippen LogP contribution in [-0.4, -0.2) is 57.0 Å². The fourth-order valence-electron chi connectivity index (χ4n) is 4.04. The Morgan fingerprint density at radius 3 is 2.30 bits per heavy atom. The van der Waals surface area contributed by atoms with Crippen molar-refractivity contribution in [2.24, 2.45) is 5.92 Å². The lowest BCUT2D eigenvalue weighted by Crippen LogP contribution is -2.50. The average molecular weight is 468 g/mol. The molecule has 2 aromatic carbocycles. The third-order valence-electron chi connectivity index (χ3n) is 5.72. The molecular weight excluding hydrogens is 437 g/mol. The Hall–Kier alpha value is -2.87. The molecule has 0 radical (unpaired) electrons. The first-order chi connectivity index (χ1) is 15.9. The molecule has 33 heavy (non-hydrogen) atoms. The van der Waals surface area contributed by atoms with Crippen molar-refractivity contribution in [3.05, 3.63) is 60.4 Å². The van der Waals surface area contributed by atoms with Crippen molar-refractivity contribution < 1.29 is 9.18 Å². The SMILES string of the molecule is CC(C)Cn1c(SC(C)C(=O)N2CCN(c3ccccc3)CC2)nnc1-c1ccccc1F. The Kier molecular flexibility index (Phi) is 7.33. The summed E-state index contributed by atoms with van der Waals surface area (Å²) in [6.45, 7) is 9.77. The smallest absolute Gasteiger partial charge is 0.236 e. The summed E-state index contributed by atoms with van der Waals surface area (Å²) in [7, 11) is 0. The molecule has 0 aliphatic carbocycles. The summed E-state index contributed by atoms with van der Waals surface area (Å²) in [5.41, 5.74) is 1.61. The van der Waals surface area contributed by atoms with Gasteiger partial charge in [-0.05, 0) is 37.1 Å². The van der Waals surface area contributed by atoms with Crippen molar-refractivity contribution in [2.75, 3.05) is 31.1 Å².